The van der Waals surface area contributed by atoms with E-state index in [1.807, 2.05) is 31.3 Å². The van der Waals surface area contributed by atoms with E-state index >= 15 is 4.39 Å². The van der Waals surface area contributed by atoms with Crippen LogP contribution in [0.15, 0.2) is 66.7 Å². The lowest BCUT2D eigenvalue weighted by atomic mass is 9.89. The predicted octanol–water partition coefficient (Wildman–Crippen LogP) is 8.55. The van der Waals surface area contributed by atoms with Gasteiger partial charge in [-0.2, -0.15) is 13.2 Å². The summed E-state index contributed by atoms with van der Waals surface area (Å²) >= 11 is 7.99. The average molecular weight is 642 g/mol. The third-order valence-electron chi connectivity index (χ3n) is 7.79. The number of carbonyl (C=O) groups is 1. The number of carbonyl (C=O) groups excluding carboxylic acids is 1. The molecule has 0 radical (unpaired) electrons. The van der Waals surface area contributed by atoms with Crippen LogP contribution in [-0.2, 0) is 6.54 Å². The summed E-state index contributed by atoms with van der Waals surface area (Å²) in [5.41, 5.74) is 1.16. The van der Waals surface area contributed by atoms with Crippen molar-refractivity contribution in [3.05, 3.63) is 93.6 Å². The van der Waals surface area contributed by atoms with Crippen molar-refractivity contribution < 1.29 is 27.5 Å². The Morgan fingerprint density at radius 2 is 1.69 bits per heavy atom. The second-order valence-electron chi connectivity index (χ2n) is 10.3. The number of hydrogen-bond donors (Lipinski definition) is 2. The highest BCUT2D eigenvalue weighted by atomic mass is 35.5. The van der Waals surface area contributed by atoms with Crippen LogP contribution in [0.4, 0.5) is 17.6 Å². The van der Waals surface area contributed by atoms with Gasteiger partial charge in [-0.3, -0.25) is 4.79 Å². The number of rotatable bonds is 7. The van der Waals surface area contributed by atoms with Crippen LogP contribution >= 0.6 is 35.3 Å². The highest BCUT2D eigenvalue weighted by molar-refractivity contribution is 7.21. The van der Waals surface area contributed by atoms with Crippen molar-refractivity contribution >= 4 is 51.3 Å². The fraction of sp³-hybridized carbons (Fsp3) is 0.323. The number of thiophene rings is 1. The van der Waals surface area contributed by atoms with E-state index in [1.54, 1.807) is 17.0 Å². The van der Waals surface area contributed by atoms with E-state index in [1.165, 1.54) is 41.7 Å². The van der Waals surface area contributed by atoms with Gasteiger partial charge in [-0.25, -0.2) is 4.39 Å². The van der Waals surface area contributed by atoms with E-state index in [0.29, 0.717) is 32.6 Å². The Morgan fingerprint density at radius 1 is 1.05 bits per heavy atom. The number of fused-ring (bicyclic) bond motifs is 1. The summed E-state index contributed by atoms with van der Waals surface area (Å²) in [7, 11) is 1.92. The summed E-state index contributed by atoms with van der Waals surface area (Å²) in [4.78, 5) is 16.2. The van der Waals surface area contributed by atoms with E-state index in [0.717, 1.165) is 35.8 Å². The van der Waals surface area contributed by atoms with Gasteiger partial charge in [0.1, 0.15) is 10.7 Å². The van der Waals surface area contributed by atoms with Crippen LogP contribution in [0.1, 0.15) is 52.6 Å². The van der Waals surface area contributed by atoms with Crippen LogP contribution in [-0.4, -0.2) is 41.2 Å². The zero-order valence-corrected chi connectivity index (χ0v) is 25.0. The Balaban J connectivity index is 0.00000405. The Kier molecular flexibility index (Phi) is 10.2. The molecule has 1 aromatic heterocycles. The SMILES string of the molecule is CNC1CCC(N(Cc2cc(-c3ccc(C(O)C(F)(F)F)cc3)ccc2F)C(=O)c2sc3ccccc3c2Cl)CC1.Cl. The lowest BCUT2D eigenvalue weighted by Crippen LogP contribution is -2.44. The van der Waals surface area contributed by atoms with Crippen molar-refractivity contribution in [1.29, 1.82) is 0 Å². The van der Waals surface area contributed by atoms with Gasteiger partial charge in [0.2, 0.25) is 0 Å². The molecule has 42 heavy (non-hydrogen) atoms. The van der Waals surface area contributed by atoms with E-state index in [9.17, 15) is 23.1 Å². The number of benzene rings is 3. The summed E-state index contributed by atoms with van der Waals surface area (Å²) in [5, 5.41) is 14.0. The maximum Gasteiger partial charge on any atom is 0.418 e. The van der Waals surface area contributed by atoms with Crippen LogP contribution in [0.2, 0.25) is 5.02 Å². The Labute approximate surface area is 256 Å². The van der Waals surface area contributed by atoms with Gasteiger partial charge in [0.15, 0.2) is 6.10 Å². The Morgan fingerprint density at radius 3 is 2.31 bits per heavy atom. The lowest BCUT2D eigenvalue weighted by Gasteiger charge is -2.37. The fourth-order valence-corrected chi connectivity index (χ4v) is 6.90. The topological polar surface area (TPSA) is 52.6 Å². The standard InChI is InChI=1S/C31H29ClF4N2O2S.ClH/c1-37-22-11-13-23(14-12-22)38(30(40)28-27(32)24-4-2-3-5-26(24)41-28)17-21-16-20(10-15-25(21)33)18-6-8-19(9-7-18)29(39)31(34,35)36;/h2-10,15-16,22-23,29,37,39H,11-14,17H2,1H3;1H. The number of hydrogen-bond acceptors (Lipinski definition) is 4. The highest BCUT2D eigenvalue weighted by Crippen LogP contribution is 2.38. The van der Waals surface area contributed by atoms with Gasteiger partial charge in [-0.1, -0.05) is 60.1 Å². The van der Waals surface area contributed by atoms with Gasteiger partial charge in [-0.15, -0.1) is 23.7 Å². The van der Waals surface area contributed by atoms with E-state index < -0.39 is 18.1 Å². The molecule has 4 aromatic rings. The normalized spacial score (nSPS) is 18.0. The summed E-state index contributed by atoms with van der Waals surface area (Å²) < 4.78 is 54.8. The van der Waals surface area contributed by atoms with Crippen LogP contribution in [0, 0.1) is 5.82 Å². The summed E-state index contributed by atoms with van der Waals surface area (Å²) in [6, 6.07) is 17.6. The molecule has 1 aliphatic rings. The van der Waals surface area contributed by atoms with Gasteiger partial charge in [0.05, 0.1) is 5.02 Å². The summed E-state index contributed by atoms with van der Waals surface area (Å²) in [6.07, 6.45) is -4.09. The van der Waals surface area contributed by atoms with Crippen molar-refractivity contribution in [3.8, 4) is 11.1 Å². The minimum absolute atomic E-state index is 0. The van der Waals surface area contributed by atoms with Crippen molar-refractivity contribution in [2.45, 2.75) is 56.6 Å². The first-order chi connectivity index (χ1) is 19.6. The average Bonchev–Trinajstić information content (AvgIpc) is 3.32. The molecule has 4 nitrogen and oxygen atoms in total. The Bertz CT molecular complexity index is 1540. The quantitative estimate of drug-likeness (QED) is 0.199. The van der Waals surface area contributed by atoms with E-state index in [2.05, 4.69) is 5.32 Å². The molecule has 2 N–H and O–H groups in total. The Hall–Kier alpha value is -2.69. The third-order valence-corrected chi connectivity index (χ3v) is 9.46. The predicted molar refractivity (Wildman–Crippen MR) is 162 cm³/mol. The molecule has 3 aromatic carbocycles. The maximum absolute atomic E-state index is 15.2. The van der Waals surface area contributed by atoms with Crippen LogP contribution in [0.25, 0.3) is 21.2 Å². The molecule has 1 aliphatic carbocycles. The molecule has 1 saturated carbocycles. The molecule has 0 saturated heterocycles. The van der Waals surface area contributed by atoms with Crippen LogP contribution < -0.4 is 5.32 Å². The lowest BCUT2D eigenvalue weighted by molar-refractivity contribution is -0.206. The third kappa shape index (κ3) is 6.76. The number of amides is 1. The monoisotopic (exact) mass is 640 g/mol. The van der Waals surface area contributed by atoms with Crippen molar-refractivity contribution in [3.63, 3.8) is 0 Å². The molecule has 0 aliphatic heterocycles. The molecule has 1 atom stereocenters. The zero-order valence-electron chi connectivity index (χ0n) is 22.6. The van der Waals surface area contributed by atoms with Gasteiger partial charge in [-0.05, 0) is 67.6 Å². The first-order valence-corrected chi connectivity index (χ1v) is 14.5. The molecule has 0 spiro atoms. The molecular formula is C31H30Cl2F4N2O2S. The zero-order chi connectivity index (χ0) is 29.3. The smallest absolute Gasteiger partial charge is 0.379 e. The summed E-state index contributed by atoms with van der Waals surface area (Å²) in [6.45, 7) is 0.0167. The number of aliphatic hydroxyl groups is 1. The second kappa shape index (κ2) is 13.3. The second-order valence-corrected chi connectivity index (χ2v) is 11.8. The molecular weight excluding hydrogens is 611 g/mol. The molecule has 1 fully saturated rings. The first-order valence-electron chi connectivity index (χ1n) is 13.4. The highest BCUT2D eigenvalue weighted by Gasteiger charge is 2.39. The molecule has 1 unspecified atom stereocenters. The molecule has 0 bridgehead atoms. The maximum atomic E-state index is 15.2. The molecule has 1 amide bonds. The van der Waals surface area contributed by atoms with Gasteiger partial charge in [0, 0.05) is 34.3 Å². The minimum atomic E-state index is -4.77. The molecule has 1 heterocycles. The van der Waals surface area contributed by atoms with Gasteiger partial charge < -0.3 is 15.3 Å². The summed E-state index contributed by atoms with van der Waals surface area (Å²) in [5.74, 6) is -0.735. The van der Waals surface area contributed by atoms with Gasteiger partial charge in [0.25, 0.3) is 5.91 Å². The number of alkyl halides is 3. The van der Waals surface area contributed by atoms with Crippen LogP contribution in [0.5, 0.6) is 0 Å². The molecule has 11 heteroatoms. The minimum Gasteiger partial charge on any atom is -0.379 e. The van der Waals surface area contributed by atoms with Gasteiger partial charge >= 0.3 is 6.18 Å². The van der Waals surface area contributed by atoms with E-state index in [4.69, 9.17) is 11.6 Å². The van der Waals surface area contributed by atoms with E-state index in [-0.39, 0.29) is 36.5 Å². The number of aliphatic hydroxyl groups excluding tert-OH is 1. The number of halogens is 6. The fourth-order valence-electron chi connectivity index (χ4n) is 5.43. The van der Waals surface area contributed by atoms with Crippen LogP contribution in [0.3, 0.4) is 0 Å². The largest absolute Gasteiger partial charge is 0.418 e. The molecule has 5 rings (SSSR count). The first kappa shape index (κ1) is 32.2. The molecule has 224 valence electrons. The number of nitrogens with zero attached hydrogens (tertiary/aromatic N) is 1. The van der Waals surface area contributed by atoms with Crippen molar-refractivity contribution in [2.24, 2.45) is 0 Å². The van der Waals surface area contributed by atoms with Crippen molar-refractivity contribution in [2.75, 3.05) is 7.05 Å². The number of nitrogens with one attached hydrogen (secondary N) is 1. The van der Waals surface area contributed by atoms with Crippen molar-refractivity contribution in [1.82, 2.24) is 10.2 Å².